The van der Waals surface area contributed by atoms with E-state index in [0.29, 0.717) is 0 Å². The van der Waals surface area contributed by atoms with Crippen molar-refractivity contribution in [3.05, 3.63) is 39.7 Å². The molecule has 26 heavy (non-hydrogen) atoms. The van der Waals surface area contributed by atoms with Gasteiger partial charge in [0.25, 0.3) is 16.1 Å². The van der Waals surface area contributed by atoms with E-state index in [0.717, 1.165) is 6.07 Å². The molecule has 1 heterocycles. The number of aryl methyl sites for hydroxylation is 1. The SMILES string of the molecule is CCNS(=O)(=O)Nc1nn(C)c(C(=O)Nc2ccc(F)c(C#N)c2)c1Br. The summed E-state index contributed by atoms with van der Waals surface area (Å²) < 4.78 is 42.7. The van der Waals surface area contributed by atoms with Crippen molar-refractivity contribution >= 4 is 43.6 Å². The first-order chi connectivity index (χ1) is 12.2. The maximum atomic E-state index is 13.4. The highest BCUT2D eigenvalue weighted by molar-refractivity contribution is 9.10. The Morgan fingerprint density at radius 3 is 2.77 bits per heavy atom. The maximum Gasteiger partial charge on any atom is 0.300 e. The summed E-state index contributed by atoms with van der Waals surface area (Å²) in [5.41, 5.74) is 0.0174. The predicted molar refractivity (Wildman–Crippen MR) is 96.2 cm³/mol. The van der Waals surface area contributed by atoms with Gasteiger partial charge in [0, 0.05) is 19.3 Å². The van der Waals surface area contributed by atoms with E-state index in [-0.39, 0.29) is 33.8 Å². The normalized spacial score (nSPS) is 11.0. The summed E-state index contributed by atoms with van der Waals surface area (Å²) in [7, 11) is -2.37. The van der Waals surface area contributed by atoms with E-state index in [4.69, 9.17) is 5.26 Å². The Balaban J connectivity index is 2.29. The summed E-state index contributed by atoms with van der Waals surface area (Å²) in [5.74, 6) is -1.40. The van der Waals surface area contributed by atoms with Gasteiger partial charge in [-0.2, -0.15) is 23.5 Å². The number of carbonyl (C=O) groups is 1. The van der Waals surface area contributed by atoms with Crippen LogP contribution < -0.4 is 14.8 Å². The third-order valence-corrected chi connectivity index (χ3v) is 5.00. The summed E-state index contributed by atoms with van der Waals surface area (Å²) in [6.07, 6.45) is 0. The average Bonchev–Trinajstić information content (AvgIpc) is 2.82. The van der Waals surface area contributed by atoms with Crippen LogP contribution in [0.3, 0.4) is 0 Å². The van der Waals surface area contributed by atoms with Gasteiger partial charge in [0.15, 0.2) is 5.82 Å². The lowest BCUT2D eigenvalue weighted by atomic mass is 10.2. The summed E-state index contributed by atoms with van der Waals surface area (Å²) in [6, 6.07) is 5.22. The number of carbonyl (C=O) groups excluding carboxylic acids is 1. The highest BCUT2D eigenvalue weighted by Gasteiger charge is 2.23. The monoisotopic (exact) mass is 444 g/mol. The quantitative estimate of drug-likeness (QED) is 0.624. The van der Waals surface area contributed by atoms with Crippen LogP contribution in [0.2, 0.25) is 0 Å². The molecule has 9 nitrogen and oxygen atoms in total. The van der Waals surface area contributed by atoms with Crippen LogP contribution in [0.15, 0.2) is 22.7 Å². The molecule has 3 N–H and O–H groups in total. The first-order valence-corrected chi connectivity index (χ1v) is 9.47. The number of rotatable bonds is 6. The van der Waals surface area contributed by atoms with Crippen molar-refractivity contribution < 1.29 is 17.6 Å². The van der Waals surface area contributed by atoms with Gasteiger partial charge in [-0.1, -0.05) is 6.92 Å². The number of nitrogens with zero attached hydrogens (tertiary/aromatic N) is 3. The van der Waals surface area contributed by atoms with Gasteiger partial charge in [-0.15, -0.1) is 0 Å². The van der Waals surface area contributed by atoms with Crippen molar-refractivity contribution in [2.75, 3.05) is 16.6 Å². The molecule has 0 saturated heterocycles. The van der Waals surface area contributed by atoms with Gasteiger partial charge in [0.05, 0.1) is 10.0 Å². The Morgan fingerprint density at radius 1 is 1.46 bits per heavy atom. The molecule has 1 aromatic heterocycles. The van der Waals surface area contributed by atoms with Crippen molar-refractivity contribution in [3.63, 3.8) is 0 Å². The van der Waals surface area contributed by atoms with Crippen molar-refractivity contribution in [3.8, 4) is 6.07 Å². The smallest absolute Gasteiger partial charge is 0.300 e. The molecule has 0 bridgehead atoms. The van der Waals surface area contributed by atoms with Crippen LogP contribution in [0.1, 0.15) is 23.0 Å². The minimum atomic E-state index is -3.82. The van der Waals surface area contributed by atoms with Crippen LogP contribution in [0.4, 0.5) is 15.9 Å². The van der Waals surface area contributed by atoms with Gasteiger partial charge >= 0.3 is 0 Å². The molecule has 0 unspecified atom stereocenters. The predicted octanol–water partition coefficient (Wildman–Crippen LogP) is 1.71. The lowest BCUT2D eigenvalue weighted by Gasteiger charge is -2.07. The number of hydrogen-bond donors (Lipinski definition) is 3. The number of nitriles is 1. The molecule has 12 heteroatoms. The van der Waals surface area contributed by atoms with E-state index in [1.165, 1.54) is 23.9 Å². The second kappa shape index (κ2) is 7.81. The number of amides is 1. The number of anilines is 2. The maximum absolute atomic E-state index is 13.4. The highest BCUT2D eigenvalue weighted by atomic mass is 79.9. The Kier molecular flexibility index (Phi) is 5.96. The molecule has 1 amide bonds. The lowest BCUT2D eigenvalue weighted by molar-refractivity contribution is 0.101. The summed E-state index contributed by atoms with van der Waals surface area (Å²) >= 11 is 3.15. The molecule has 0 aliphatic heterocycles. The number of halogens is 2. The Morgan fingerprint density at radius 2 is 2.15 bits per heavy atom. The molecule has 0 spiro atoms. The fraction of sp³-hybridized carbons (Fsp3) is 0.214. The number of benzene rings is 1. The largest absolute Gasteiger partial charge is 0.321 e. The Bertz CT molecular complexity index is 999. The van der Waals surface area contributed by atoms with Gasteiger partial charge < -0.3 is 5.32 Å². The van der Waals surface area contributed by atoms with Crippen molar-refractivity contribution in [1.29, 1.82) is 5.26 Å². The van der Waals surface area contributed by atoms with E-state index in [1.54, 1.807) is 13.0 Å². The number of hydrogen-bond acceptors (Lipinski definition) is 5. The van der Waals surface area contributed by atoms with Crippen molar-refractivity contribution in [2.24, 2.45) is 7.05 Å². The molecule has 138 valence electrons. The molecule has 0 radical (unpaired) electrons. The van der Waals surface area contributed by atoms with Crippen LogP contribution in [0.25, 0.3) is 0 Å². The Hall–Kier alpha value is -2.49. The fourth-order valence-electron chi connectivity index (χ4n) is 2.04. The molecule has 0 fully saturated rings. The zero-order chi connectivity index (χ0) is 19.5. The molecule has 0 aliphatic rings. The van der Waals surface area contributed by atoms with Gasteiger partial charge in [-0.3, -0.25) is 14.2 Å². The molecular formula is C14H14BrFN6O3S. The molecular weight excluding hydrogens is 431 g/mol. The first kappa shape index (κ1) is 19.8. The minimum absolute atomic E-state index is 0.0297. The second-order valence-corrected chi connectivity index (χ2v) is 7.29. The van der Waals surface area contributed by atoms with Crippen LogP contribution in [0, 0.1) is 17.1 Å². The van der Waals surface area contributed by atoms with E-state index in [2.05, 4.69) is 35.8 Å². The van der Waals surface area contributed by atoms with Crippen LogP contribution in [-0.4, -0.2) is 30.7 Å². The third kappa shape index (κ3) is 4.37. The molecule has 0 saturated carbocycles. The first-order valence-electron chi connectivity index (χ1n) is 7.19. The summed E-state index contributed by atoms with van der Waals surface area (Å²) in [4.78, 5) is 12.5. The molecule has 2 aromatic rings. The van der Waals surface area contributed by atoms with Crippen molar-refractivity contribution in [1.82, 2.24) is 14.5 Å². The van der Waals surface area contributed by atoms with E-state index in [9.17, 15) is 17.6 Å². The zero-order valence-electron chi connectivity index (χ0n) is 13.7. The standard InChI is InChI=1S/C14H14BrFN6O3S/c1-3-18-26(24,25)21-13-11(15)12(22(2)20-13)14(23)19-9-4-5-10(16)8(6-9)7-17/h4-6,18H,3H2,1-2H3,(H,19,23)(H,20,21). The Labute approximate surface area is 157 Å². The highest BCUT2D eigenvalue weighted by Crippen LogP contribution is 2.27. The molecule has 2 rings (SSSR count). The topological polar surface area (TPSA) is 129 Å². The van der Waals surface area contributed by atoms with Crippen LogP contribution in [-0.2, 0) is 17.3 Å². The number of aromatic nitrogens is 2. The fourth-order valence-corrected chi connectivity index (χ4v) is 3.64. The lowest BCUT2D eigenvalue weighted by Crippen LogP contribution is -2.30. The van der Waals surface area contributed by atoms with Gasteiger partial charge in [-0.05, 0) is 34.1 Å². The molecule has 0 atom stereocenters. The van der Waals surface area contributed by atoms with Crippen LogP contribution in [0.5, 0.6) is 0 Å². The van der Waals surface area contributed by atoms with Gasteiger partial charge in [0.2, 0.25) is 0 Å². The molecule has 0 aliphatic carbocycles. The third-order valence-electron chi connectivity index (χ3n) is 3.11. The second-order valence-electron chi connectivity index (χ2n) is 5.00. The van der Waals surface area contributed by atoms with Gasteiger partial charge in [-0.25, -0.2) is 4.39 Å². The van der Waals surface area contributed by atoms with E-state index in [1.807, 2.05) is 0 Å². The van der Waals surface area contributed by atoms with Crippen molar-refractivity contribution in [2.45, 2.75) is 6.92 Å². The number of nitrogens with one attached hydrogen (secondary N) is 3. The average molecular weight is 445 g/mol. The van der Waals surface area contributed by atoms with Crippen LogP contribution >= 0.6 is 15.9 Å². The van der Waals surface area contributed by atoms with E-state index < -0.39 is 21.9 Å². The molecule has 1 aromatic carbocycles. The van der Waals surface area contributed by atoms with E-state index >= 15 is 0 Å². The minimum Gasteiger partial charge on any atom is -0.321 e. The summed E-state index contributed by atoms with van der Waals surface area (Å²) in [6.45, 7) is 1.79. The summed E-state index contributed by atoms with van der Waals surface area (Å²) in [5, 5.41) is 15.3. The zero-order valence-corrected chi connectivity index (χ0v) is 16.1. The van der Waals surface area contributed by atoms with Gasteiger partial charge in [0.1, 0.15) is 17.6 Å².